The van der Waals surface area contributed by atoms with E-state index in [-0.39, 0.29) is 17.8 Å². The summed E-state index contributed by atoms with van der Waals surface area (Å²) in [6.45, 7) is 2.18. The molecule has 0 fully saturated rings. The second-order valence-corrected chi connectivity index (χ2v) is 7.64. The topological polar surface area (TPSA) is 140 Å². The number of aliphatic imine (C=N–C) groups is 1. The molecule has 1 aliphatic rings. The molecule has 4 N–H and O–H groups in total. The number of nitrogens with zero attached hydrogens (tertiary/aromatic N) is 4. The van der Waals surface area contributed by atoms with Crippen molar-refractivity contribution in [2.24, 2.45) is 16.5 Å². The molecular formula is C23H19FN6O2. The summed E-state index contributed by atoms with van der Waals surface area (Å²) >= 11 is 0. The van der Waals surface area contributed by atoms with Gasteiger partial charge in [0.15, 0.2) is 0 Å². The maximum absolute atomic E-state index is 13.9. The van der Waals surface area contributed by atoms with Crippen LogP contribution in [-0.4, -0.2) is 27.3 Å². The lowest BCUT2D eigenvalue weighted by atomic mass is 9.68. The lowest BCUT2D eigenvalue weighted by Crippen LogP contribution is -2.47. The largest absolute Gasteiger partial charge is 0.369 e. The van der Waals surface area contributed by atoms with E-state index in [2.05, 4.69) is 16.2 Å². The van der Waals surface area contributed by atoms with E-state index in [1.165, 1.54) is 18.3 Å². The minimum atomic E-state index is -1.48. The molecule has 1 aliphatic heterocycles. The quantitative estimate of drug-likeness (QED) is 0.638. The third-order valence-corrected chi connectivity index (χ3v) is 5.79. The number of fused-ring (bicyclic) bond motifs is 1. The number of nitriles is 1. The number of primary amides is 2. The summed E-state index contributed by atoms with van der Waals surface area (Å²) in [5, 5.41) is 13.4. The van der Waals surface area contributed by atoms with Crippen LogP contribution in [0.4, 0.5) is 10.1 Å². The molecule has 0 bridgehead atoms. The summed E-state index contributed by atoms with van der Waals surface area (Å²) in [5.74, 6) is -2.10. The molecule has 8 nitrogen and oxygen atoms in total. The Morgan fingerprint density at radius 2 is 1.91 bits per heavy atom. The van der Waals surface area contributed by atoms with Gasteiger partial charge in [0.05, 0.1) is 30.1 Å². The molecule has 160 valence electrons. The highest BCUT2D eigenvalue weighted by Gasteiger charge is 2.48. The Morgan fingerprint density at radius 1 is 1.19 bits per heavy atom. The molecule has 0 saturated carbocycles. The van der Waals surface area contributed by atoms with Gasteiger partial charge in [0.25, 0.3) is 5.91 Å². The molecule has 1 atom stereocenters. The zero-order valence-corrected chi connectivity index (χ0v) is 17.2. The highest BCUT2D eigenvalue weighted by Crippen LogP contribution is 2.45. The van der Waals surface area contributed by atoms with Crippen LogP contribution in [0.2, 0.25) is 0 Å². The SMILES string of the molecule is Cc1c(C2(C(N)=O)CC(C(N)=O)=Nc3cc(F)ccc32)cnn1Cc1ccc(C#N)cc1. The highest BCUT2D eigenvalue weighted by molar-refractivity contribution is 6.40. The standard InChI is InChI=1S/C23H19FN6O2/c1-13-18(11-28-30(13)12-15-4-2-14(10-25)3-5-15)23(22(27)32)9-20(21(26)31)29-19-8-16(24)6-7-17(19)23/h2-8,11H,9,12H2,1H3,(H2,26,31)(H2,27,32). The van der Waals surface area contributed by atoms with Crippen LogP contribution < -0.4 is 11.5 Å². The van der Waals surface area contributed by atoms with Gasteiger partial charge in [-0.15, -0.1) is 0 Å². The first-order valence-corrected chi connectivity index (χ1v) is 9.75. The lowest BCUT2D eigenvalue weighted by molar-refractivity contribution is -0.122. The van der Waals surface area contributed by atoms with Crippen molar-refractivity contribution >= 4 is 23.2 Å². The van der Waals surface area contributed by atoms with Gasteiger partial charge in [-0.3, -0.25) is 14.3 Å². The summed E-state index contributed by atoms with van der Waals surface area (Å²) in [7, 11) is 0. The molecule has 2 amide bonds. The van der Waals surface area contributed by atoms with Gasteiger partial charge in [-0.25, -0.2) is 9.38 Å². The number of hydrogen-bond donors (Lipinski definition) is 2. The predicted octanol–water partition coefficient (Wildman–Crippen LogP) is 1.98. The van der Waals surface area contributed by atoms with Crippen molar-refractivity contribution in [3.63, 3.8) is 0 Å². The molecule has 2 aromatic carbocycles. The van der Waals surface area contributed by atoms with Crippen LogP contribution >= 0.6 is 0 Å². The summed E-state index contributed by atoms with van der Waals surface area (Å²) in [4.78, 5) is 29.1. The van der Waals surface area contributed by atoms with E-state index in [0.29, 0.717) is 28.9 Å². The number of aromatic nitrogens is 2. The Morgan fingerprint density at radius 3 is 2.53 bits per heavy atom. The average molecular weight is 430 g/mol. The van der Waals surface area contributed by atoms with Gasteiger partial charge in [-0.1, -0.05) is 18.2 Å². The molecule has 3 aromatic rings. The van der Waals surface area contributed by atoms with Crippen LogP contribution in [-0.2, 0) is 21.5 Å². The Bertz CT molecular complexity index is 1320. The third kappa shape index (κ3) is 3.32. The molecule has 1 unspecified atom stereocenters. The van der Waals surface area contributed by atoms with Crippen molar-refractivity contribution in [2.45, 2.75) is 25.3 Å². The number of carbonyl (C=O) groups is 2. The molecule has 0 saturated heterocycles. The average Bonchev–Trinajstić information content (AvgIpc) is 3.13. The fourth-order valence-corrected chi connectivity index (χ4v) is 4.11. The molecular weight excluding hydrogens is 411 g/mol. The maximum atomic E-state index is 13.9. The van der Waals surface area contributed by atoms with Crippen LogP contribution in [0.5, 0.6) is 0 Å². The Balaban J connectivity index is 1.85. The lowest BCUT2D eigenvalue weighted by Gasteiger charge is -2.35. The van der Waals surface area contributed by atoms with Crippen LogP contribution in [0.15, 0.2) is 53.7 Å². The number of amides is 2. The smallest absolute Gasteiger partial charge is 0.263 e. The van der Waals surface area contributed by atoms with Gasteiger partial charge < -0.3 is 11.5 Å². The fraction of sp³-hybridized carbons (Fsp3) is 0.174. The van der Waals surface area contributed by atoms with Crippen molar-refractivity contribution in [1.29, 1.82) is 5.26 Å². The minimum absolute atomic E-state index is 0.0684. The van der Waals surface area contributed by atoms with E-state index in [0.717, 1.165) is 11.6 Å². The second-order valence-electron chi connectivity index (χ2n) is 7.64. The molecule has 1 aromatic heterocycles. The van der Waals surface area contributed by atoms with Gasteiger partial charge in [0.2, 0.25) is 5.91 Å². The third-order valence-electron chi connectivity index (χ3n) is 5.79. The van der Waals surface area contributed by atoms with E-state index in [4.69, 9.17) is 16.7 Å². The zero-order valence-electron chi connectivity index (χ0n) is 17.2. The van der Waals surface area contributed by atoms with Gasteiger partial charge >= 0.3 is 0 Å². The minimum Gasteiger partial charge on any atom is -0.369 e. The van der Waals surface area contributed by atoms with Crippen LogP contribution in [0.3, 0.4) is 0 Å². The number of benzene rings is 2. The molecule has 9 heteroatoms. The van der Waals surface area contributed by atoms with Gasteiger partial charge in [-0.2, -0.15) is 10.4 Å². The van der Waals surface area contributed by atoms with Crippen LogP contribution in [0.25, 0.3) is 0 Å². The summed E-state index contributed by atoms with van der Waals surface area (Å²) in [6, 6.07) is 12.9. The maximum Gasteiger partial charge on any atom is 0.263 e. The van der Waals surface area contributed by atoms with Crippen molar-refractivity contribution in [3.8, 4) is 6.07 Å². The van der Waals surface area contributed by atoms with Crippen LogP contribution in [0, 0.1) is 24.1 Å². The summed E-state index contributed by atoms with van der Waals surface area (Å²) in [6.07, 6.45) is 1.38. The number of rotatable bonds is 5. The van der Waals surface area contributed by atoms with E-state index >= 15 is 0 Å². The van der Waals surface area contributed by atoms with Gasteiger partial charge in [-0.05, 0) is 42.3 Å². The number of hydrogen-bond acceptors (Lipinski definition) is 5. The summed E-state index contributed by atoms with van der Waals surface area (Å²) in [5.41, 5.74) is 12.9. The zero-order chi connectivity index (χ0) is 23.0. The Hall–Kier alpha value is -4.32. The molecule has 0 radical (unpaired) electrons. The Kier molecular flexibility index (Phi) is 5.06. The van der Waals surface area contributed by atoms with Crippen molar-refractivity contribution in [3.05, 3.63) is 82.4 Å². The fourth-order valence-electron chi connectivity index (χ4n) is 4.11. The van der Waals surface area contributed by atoms with Crippen molar-refractivity contribution < 1.29 is 14.0 Å². The van der Waals surface area contributed by atoms with E-state index in [9.17, 15) is 14.0 Å². The van der Waals surface area contributed by atoms with Crippen molar-refractivity contribution in [1.82, 2.24) is 9.78 Å². The number of carbonyl (C=O) groups excluding carboxylic acids is 2. The first kappa shape index (κ1) is 20.9. The highest BCUT2D eigenvalue weighted by atomic mass is 19.1. The van der Waals surface area contributed by atoms with E-state index < -0.39 is 23.0 Å². The first-order chi connectivity index (χ1) is 15.3. The van der Waals surface area contributed by atoms with E-state index in [1.54, 1.807) is 23.7 Å². The monoisotopic (exact) mass is 430 g/mol. The predicted molar refractivity (Wildman–Crippen MR) is 115 cm³/mol. The van der Waals surface area contributed by atoms with Gasteiger partial charge in [0.1, 0.15) is 16.9 Å². The first-order valence-electron chi connectivity index (χ1n) is 9.75. The van der Waals surface area contributed by atoms with Crippen molar-refractivity contribution in [2.75, 3.05) is 0 Å². The number of halogens is 1. The normalized spacial score (nSPS) is 17.2. The van der Waals surface area contributed by atoms with Gasteiger partial charge in [0, 0.05) is 17.7 Å². The molecule has 0 aliphatic carbocycles. The van der Waals surface area contributed by atoms with E-state index in [1.807, 2.05) is 12.1 Å². The second kappa shape index (κ2) is 7.74. The molecule has 4 rings (SSSR count). The van der Waals surface area contributed by atoms with Crippen LogP contribution in [0.1, 0.15) is 34.4 Å². The molecule has 2 heterocycles. The number of nitrogens with two attached hydrogens (primary N) is 2. The summed E-state index contributed by atoms with van der Waals surface area (Å²) < 4.78 is 15.6. The molecule has 32 heavy (non-hydrogen) atoms. The molecule has 0 spiro atoms. The Labute approximate surface area is 183 Å².